The van der Waals surface area contributed by atoms with Gasteiger partial charge in [-0.1, -0.05) is 30.3 Å². The third-order valence-corrected chi connectivity index (χ3v) is 2.13. The Morgan fingerprint density at radius 1 is 1.47 bits per heavy atom. The first-order chi connectivity index (χ1) is 7.24. The highest BCUT2D eigenvalue weighted by molar-refractivity contribution is 5.80. The zero-order valence-electron chi connectivity index (χ0n) is 8.77. The number of hydroxylamine groups is 1. The van der Waals surface area contributed by atoms with Gasteiger partial charge in [-0.3, -0.25) is 9.63 Å². The molecule has 1 atom stereocenters. The predicted octanol–water partition coefficient (Wildman–Crippen LogP) is 0.624. The van der Waals surface area contributed by atoms with Gasteiger partial charge in [0.05, 0.1) is 13.2 Å². The maximum atomic E-state index is 11.2. The molecule has 1 aromatic carbocycles. The number of carbonyl (C=O) groups excluding carboxylic acids is 1. The number of hydrogen-bond acceptors (Lipinski definition) is 3. The molecule has 1 rings (SSSR count). The lowest BCUT2D eigenvalue weighted by molar-refractivity contribution is -0.132. The molecule has 0 radical (unpaired) electrons. The molecule has 4 nitrogen and oxygen atoms in total. The first-order valence-electron chi connectivity index (χ1n) is 4.86. The van der Waals surface area contributed by atoms with Crippen LogP contribution in [0, 0.1) is 0 Å². The summed E-state index contributed by atoms with van der Waals surface area (Å²) < 4.78 is 0. The molecule has 0 spiro atoms. The molecule has 1 amide bonds. The molecule has 0 bridgehead atoms. The second kappa shape index (κ2) is 6.16. The number of nitrogens with one attached hydrogen (secondary N) is 1. The maximum absolute atomic E-state index is 11.2. The average Bonchev–Trinajstić information content (AvgIpc) is 2.27. The van der Waals surface area contributed by atoms with Crippen molar-refractivity contribution in [3.8, 4) is 0 Å². The molecule has 4 heteroatoms. The highest BCUT2D eigenvalue weighted by atomic mass is 16.6. The largest absolute Gasteiger partial charge is 0.320 e. The van der Waals surface area contributed by atoms with Gasteiger partial charge in [-0.2, -0.15) is 0 Å². The van der Waals surface area contributed by atoms with Crippen LogP contribution in [0.15, 0.2) is 30.3 Å². The maximum Gasteiger partial charge on any atom is 0.260 e. The third-order valence-electron chi connectivity index (χ3n) is 2.13. The van der Waals surface area contributed by atoms with Crippen LogP contribution < -0.4 is 11.2 Å². The second-order valence-corrected chi connectivity index (χ2v) is 3.30. The standard InChI is InChI=1S/C11H16N2O2/c1-15-13-11(14)10(12)8-7-9-5-3-2-4-6-9/h2-6,10H,7-8,12H2,1H3,(H,13,14). The number of benzene rings is 1. The van der Waals surface area contributed by atoms with E-state index in [1.165, 1.54) is 12.7 Å². The lowest BCUT2D eigenvalue weighted by atomic mass is 10.1. The molecule has 0 aromatic heterocycles. The Hall–Kier alpha value is -1.39. The molecule has 0 saturated carbocycles. The summed E-state index contributed by atoms with van der Waals surface area (Å²) in [6.07, 6.45) is 1.40. The van der Waals surface area contributed by atoms with Crippen LogP contribution in [0.4, 0.5) is 0 Å². The lowest BCUT2D eigenvalue weighted by Gasteiger charge is -2.10. The zero-order chi connectivity index (χ0) is 11.1. The molecule has 1 aromatic rings. The molecule has 0 aliphatic carbocycles. The number of amides is 1. The van der Waals surface area contributed by atoms with Crippen molar-refractivity contribution in [1.82, 2.24) is 5.48 Å². The zero-order valence-corrected chi connectivity index (χ0v) is 8.77. The fourth-order valence-electron chi connectivity index (χ4n) is 1.27. The Kier molecular flexibility index (Phi) is 4.80. The molecule has 0 saturated heterocycles. The number of aryl methyl sites for hydroxylation is 1. The van der Waals surface area contributed by atoms with Gasteiger partial charge >= 0.3 is 0 Å². The normalized spacial score (nSPS) is 12.1. The van der Waals surface area contributed by atoms with E-state index in [0.29, 0.717) is 6.42 Å². The van der Waals surface area contributed by atoms with Crippen molar-refractivity contribution in [1.29, 1.82) is 0 Å². The first kappa shape index (κ1) is 11.7. The Labute approximate surface area is 89.4 Å². The van der Waals surface area contributed by atoms with Crippen LogP contribution in [0.1, 0.15) is 12.0 Å². The van der Waals surface area contributed by atoms with E-state index in [1.54, 1.807) is 0 Å². The van der Waals surface area contributed by atoms with Crippen molar-refractivity contribution in [2.45, 2.75) is 18.9 Å². The fourth-order valence-corrected chi connectivity index (χ4v) is 1.27. The summed E-state index contributed by atoms with van der Waals surface area (Å²) in [5, 5.41) is 0. The van der Waals surface area contributed by atoms with Crippen molar-refractivity contribution in [3.05, 3.63) is 35.9 Å². The van der Waals surface area contributed by atoms with Gasteiger partial charge in [-0.25, -0.2) is 5.48 Å². The minimum Gasteiger partial charge on any atom is -0.320 e. The molecule has 3 N–H and O–H groups in total. The molecule has 0 fully saturated rings. The molecule has 0 heterocycles. The molecule has 0 aliphatic heterocycles. The SMILES string of the molecule is CONC(=O)C(N)CCc1ccccc1. The Morgan fingerprint density at radius 3 is 2.73 bits per heavy atom. The summed E-state index contributed by atoms with van der Waals surface area (Å²) in [6.45, 7) is 0. The molecular formula is C11H16N2O2. The van der Waals surface area contributed by atoms with Crippen molar-refractivity contribution in [3.63, 3.8) is 0 Å². The van der Waals surface area contributed by atoms with Crippen LogP contribution in [0.2, 0.25) is 0 Å². The summed E-state index contributed by atoms with van der Waals surface area (Å²) in [7, 11) is 1.39. The Morgan fingerprint density at radius 2 is 2.13 bits per heavy atom. The second-order valence-electron chi connectivity index (χ2n) is 3.30. The summed E-state index contributed by atoms with van der Waals surface area (Å²) in [6, 6.07) is 9.40. The van der Waals surface area contributed by atoms with E-state index in [0.717, 1.165) is 6.42 Å². The molecule has 82 valence electrons. The molecule has 15 heavy (non-hydrogen) atoms. The van der Waals surface area contributed by atoms with E-state index in [2.05, 4.69) is 10.3 Å². The van der Waals surface area contributed by atoms with Gasteiger partial charge in [0.15, 0.2) is 0 Å². The van der Waals surface area contributed by atoms with E-state index < -0.39 is 6.04 Å². The van der Waals surface area contributed by atoms with Gasteiger partial charge < -0.3 is 5.73 Å². The van der Waals surface area contributed by atoms with E-state index >= 15 is 0 Å². The highest BCUT2D eigenvalue weighted by Crippen LogP contribution is 2.03. The van der Waals surface area contributed by atoms with Gasteiger partial charge in [-0.05, 0) is 18.4 Å². The van der Waals surface area contributed by atoms with Crippen molar-refractivity contribution in [2.75, 3.05) is 7.11 Å². The van der Waals surface area contributed by atoms with E-state index in [-0.39, 0.29) is 5.91 Å². The topological polar surface area (TPSA) is 64.3 Å². The monoisotopic (exact) mass is 208 g/mol. The summed E-state index contributed by atoms with van der Waals surface area (Å²) in [5.74, 6) is -0.284. The van der Waals surface area contributed by atoms with E-state index in [4.69, 9.17) is 5.73 Å². The summed E-state index contributed by atoms with van der Waals surface area (Å²) >= 11 is 0. The number of nitrogens with two attached hydrogens (primary N) is 1. The molecule has 1 unspecified atom stereocenters. The summed E-state index contributed by atoms with van der Waals surface area (Å²) in [5.41, 5.74) is 9.06. The predicted molar refractivity (Wildman–Crippen MR) is 57.9 cm³/mol. The Bertz CT molecular complexity index is 301. The minimum absolute atomic E-state index is 0.284. The number of carbonyl (C=O) groups is 1. The summed E-state index contributed by atoms with van der Waals surface area (Å²) in [4.78, 5) is 15.7. The number of rotatable bonds is 5. The first-order valence-corrected chi connectivity index (χ1v) is 4.86. The van der Waals surface area contributed by atoms with Crippen LogP contribution in [-0.4, -0.2) is 19.1 Å². The number of hydrogen-bond donors (Lipinski definition) is 2. The third kappa shape index (κ3) is 4.10. The lowest BCUT2D eigenvalue weighted by Crippen LogP contribution is -2.40. The van der Waals surface area contributed by atoms with Crippen LogP contribution >= 0.6 is 0 Å². The van der Waals surface area contributed by atoms with E-state index in [1.807, 2.05) is 30.3 Å². The fraction of sp³-hybridized carbons (Fsp3) is 0.364. The average molecular weight is 208 g/mol. The minimum atomic E-state index is -0.523. The van der Waals surface area contributed by atoms with Crippen molar-refractivity contribution < 1.29 is 9.63 Å². The Balaban J connectivity index is 2.34. The van der Waals surface area contributed by atoms with Gasteiger partial charge in [0.25, 0.3) is 5.91 Å². The quantitative estimate of drug-likeness (QED) is 0.697. The van der Waals surface area contributed by atoms with Gasteiger partial charge in [0, 0.05) is 0 Å². The van der Waals surface area contributed by atoms with Gasteiger partial charge in [0.1, 0.15) is 0 Å². The smallest absolute Gasteiger partial charge is 0.260 e. The van der Waals surface area contributed by atoms with Gasteiger partial charge in [0.2, 0.25) is 0 Å². The van der Waals surface area contributed by atoms with Crippen LogP contribution in [0.3, 0.4) is 0 Å². The van der Waals surface area contributed by atoms with Crippen LogP contribution in [0.25, 0.3) is 0 Å². The van der Waals surface area contributed by atoms with Crippen molar-refractivity contribution >= 4 is 5.91 Å². The van der Waals surface area contributed by atoms with Crippen LogP contribution in [0.5, 0.6) is 0 Å². The van der Waals surface area contributed by atoms with Crippen LogP contribution in [-0.2, 0) is 16.1 Å². The van der Waals surface area contributed by atoms with Gasteiger partial charge in [-0.15, -0.1) is 0 Å². The highest BCUT2D eigenvalue weighted by Gasteiger charge is 2.12. The molecular weight excluding hydrogens is 192 g/mol. The van der Waals surface area contributed by atoms with E-state index in [9.17, 15) is 4.79 Å². The molecule has 0 aliphatic rings. The van der Waals surface area contributed by atoms with Crippen molar-refractivity contribution in [2.24, 2.45) is 5.73 Å².